The van der Waals surface area contributed by atoms with E-state index in [-0.39, 0.29) is 17.9 Å². The number of hydrogen-bond acceptors (Lipinski definition) is 3. The first-order chi connectivity index (χ1) is 9.76. The van der Waals surface area contributed by atoms with E-state index < -0.39 is 19.8 Å². The second-order valence-corrected chi connectivity index (χ2v) is 15.5. The van der Waals surface area contributed by atoms with Crippen molar-refractivity contribution in [2.45, 2.75) is 77.3 Å². The maximum Gasteiger partial charge on any atom is -0.412 e. The smallest absolute Gasteiger partial charge is 0.412 e. The predicted octanol–water partition coefficient (Wildman–Crippen LogP) is 2.94. The first kappa shape index (κ1) is 15.9. The monoisotopic (exact) mass is 403 g/mol. The average Bonchev–Trinajstić information content (AvgIpc) is 2.78. The van der Waals surface area contributed by atoms with Crippen molar-refractivity contribution in [3.8, 4) is 0 Å². The van der Waals surface area contributed by atoms with Gasteiger partial charge in [-0.2, -0.15) is 0 Å². The SMILES string of the molecule is CCC[CH2][Sn]([CH2]CCC)[C]12C[C@]13CC1=CO[C@H](O1)[C@@H]3O2.O. The van der Waals surface area contributed by atoms with E-state index in [9.17, 15) is 0 Å². The molecule has 1 saturated carbocycles. The Balaban J connectivity index is 0.00000132. The molecule has 0 amide bonds. The van der Waals surface area contributed by atoms with Gasteiger partial charge in [0, 0.05) is 0 Å². The molecular weight excluding hydrogens is 375 g/mol. The van der Waals surface area contributed by atoms with Crippen LogP contribution in [0.15, 0.2) is 12.0 Å². The summed E-state index contributed by atoms with van der Waals surface area (Å²) in [4.78, 5) is 0. The van der Waals surface area contributed by atoms with Crippen molar-refractivity contribution in [1.29, 1.82) is 0 Å². The van der Waals surface area contributed by atoms with Crippen LogP contribution in [0.4, 0.5) is 0 Å². The Kier molecular flexibility index (Phi) is 4.25. The molecule has 4 nitrogen and oxygen atoms in total. The quantitative estimate of drug-likeness (QED) is 0.616. The van der Waals surface area contributed by atoms with E-state index in [2.05, 4.69) is 13.8 Å². The first-order valence-electron chi connectivity index (χ1n) is 8.30. The van der Waals surface area contributed by atoms with Crippen molar-refractivity contribution < 1.29 is 19.7 Å². The molecule has 21 heavy (non-hydrogen) atoms. The molecule has 119 valence electrons. The van der Waals surface area contributed by atoms with Crippen molar-refractivity contribution in [1.82, 2.24) is 0 Å². The number of rotatable bonds is 7. The summed E-state index contributed by atoms with van der Waals surface area (Å²) in [6, 6.07) is 0. The fraction of sp³-hybridized carbons (Fsp3) is 0.875. The molecule has 0 aromatic carbocycles. The third-order valence-electron chi connectivity index (χ3n) is 5.69. The van der Waals surface area contributed by atoms with E-state index in [0.717, 1.165) is 12.2 Å². The van der Waals surface area contributed by atoms with Gasteiger partial charge in [0.25, 0.3) is 0 Å². The van der Waals surface area contributed by atoms with Gasteiger partial charge in [0.05, 0.1) is 0 Å². The van der Waals surface area contributed by atoms with Crippen LogP contribution in [0.1, 0.15) is 52.4 Å². The van der Waals surface area contributed by atoms with Crippen LogP contribution in [0.3, 0.4) is 0 Å². The minimum absolute atomic E-state index is 0. The summed E-state index contributed by atoms with van der Waals surface area (Å²) in [5.74, 6) is 1.09. The number of unbranched alkanes of at least 4 members (excludes halogenated alkanes) is 2. The summed E-state index contributed by atoms with van der Waals surface area (Å²) in [6.45, 7) is 4.64. The van der Waals surface area contributed by atoms with Crippen molar-refractivity contribution in [3.63, 3.8) is 0 Å². The van der Waals surface area contributed by atoms with Crippen molar-refractivity contribution in [3.05, 3.63) is 12.0 Å². The van der Waals surface area contributed by atoms with E-state index in [1.807, 2.05) is 6.26 Å². The van der Waals surface area contributed by atoms with Gasteiger partial charge in [0.15, 0.2) is 0 Å². The Labute approximate surface area is 134 Å². The summed E-state index contributed by atoms with van der Waals surface area (Å²) in [5, 5.41) is 0. The number of ether oxygens (including phenoxy) is 3. The van der Waals surface area contributed by atoms with Crippen LogP contribution in [-0.4, -0.2) is 41.2 Å². The van der Waals surface area contributed by atoms with Gasteiger partial charge in [-0.25, -0.2) is 0 Å². The summed E-state index contributed by atoms with van der Waals surface area (Å²) in [6.07, 6.45) is 9.90. The molecule has 1 aliphatic carbocycles. The topological polar surface area (TPSA) is 59.2 Å². The molecule has 4 aliphatic rings. The van der Waals surface area contributed by atoms with Gasteiger partial charge in [0.1, 0.15) is 0 Å². The van der Waals surface area contributed by atoms with Gasteiger partial charge in [0.2, 0.25) is 0 Å². The van der Waals surface area contributed by atoms with Crippen molar-refractivity contribution in [2.24, 2.45) is 5.41 Å². The van der Waals surface area contributed by atoms with E-state index >= 15 is 0 Å². The third-order valence-corrected chi connectivity index (χ3v) is 16.7. The second kappa shape index (κ2) is 5.60. The molecular formula is C16H27O4Sn. The van der Waals surface area contributed by atoms with E-state index in [1.54, 1.807) is 0 Å². The zero-order valence-electron chi connectivity index (χ0n) is 13.1. The molecule has 1 radical (unpaired) electrons. The first-order valence-corrected chi connectivity index (χ1v) is 13.8. The van der Waals surface area contributed by atoms with Crippen molar-refractivity contribution in [2.75, 3.05) is 0 Å². The largest absolute Gasteiger partial charge is 0.412 e. The van der Waals surface area contributed by atoms with E-state index in [4.69, 9.17) is 14.2 Å². The zero-order valence-corrected chi connectivity index (χ0v) is 16.0. The Bertz CT molecular complexity index is 432. The maximum absolute atomic E-state index is 6.49. The Morgan fingerprint density at radius 1 is 1.24 bits per heavy atom. The van der Waals surface area contributed by atoms with Crippen LogP contribution in [0, 0.1) is 5.41 Å². The van der Waals surface area contributed by atoms with Gasteiger partial charge in [-0.15, -0.1) is 0 Å². The molecule has 4 rings (SSSR count). The fourth-order valence-corrected chi connectivity index (χ4v) is 17.1. The summed E-state index contributed by atoms with van der Waals surface area (Å²) in [5.41, 5.74) is 0.453. The molecule has 3 fully saturated rings. The Morgan fingerprint density at radius 3 is 2.62 bits per heavy atom. The van der Waals surface area contributed by atoms with Crippen LogP contribution in [0.25, 0.3) is 0 Å². The van der Waals surface area contributed by atoms with Gasteiger partial charge < -0.3 is 5.48 Å². The van der Waals surface area contributed by atoms with Gasteiger partial charge in [-0.05, 0) is 0 Å². The number of fused-ring (bicyclic) bond motifs is 3. The molecule has 1 spiro atoms. The molecule has 0 aromatic heterocycles. The van der Waals surface area contributed by atoms with Crippen LogP contribution in [0.5, 0.6) is 0 Å². The maximum atomic E-state index is 6.49. The van der Waals surface area contributed by atoms with Crippen LogP contribution >= 0.6 is 0 Å². The summed E-state index contributed by atoms with van der Waals surface area (Å²) >= 11 is -1.45. The van der Waals surface area contributed by atoms with Gasteiger partial charge >= 0.3 is 129 Å². The summed E-state index contributed by atoms with van der Waals surface area (Å²) in [7, 11) is 0. The van der Waals surface area contributed by atoms with Gasteiger partial charge in [-0.3, -0.25) is 0 Å². The predicted molar refractivity (Wildman–Crippen MR) is 82.1 cm³/mol. The minimum Gasteiger partial charge on any atom is -0.412 e. The van der Waals surface area contributed by atoms with E-state index in [1.165, 1.54) is 41.0 Å². The fourth-order valence-electron chi connectivity index (χ4n) is 4.53. The van der Waals surface area contributed by atoms with Gasteiger partial charge in [-0.1, -0.05) is 0 Å². The molecule has 4 atom stereocenters. The number of allylic oxidation sites excluding steroid dienone is 1. The molecule has 1 unspecified atom stereocenters. The van der Waals surface area contributed by atoms with Crippen LogP contribution in [-0.2, 0) is 14.2 Å². The summed E-state index contributed by atoms with van der Waals surface area (Å²) < 4.78 is 21.3. The zero-order chi connectivity index (χ0) is 13.8. The molecule has 0 aromatic rings. The van der Waals surface area contributed by atoms with Crippen LogP contribution in [0.2, 0.25) is 8.87 Å². The third kappa shape index (κ3) is 2.08. The minimum atomic E-state index is -1.45. The number of hydrogen-bond donors (Lipinski definition) is 0. The molecule has 2 bridgehead atoms. The molecule has 5 heteroatoms. The van der Waals surface area contributed by atoms with Crippen molar-refractivity contribution >= 4 is 19.8 Å². The normalized spacial score (nSPS) is 41.0. The molecule has 3 aliphatic heterocycles. The molecule has 3 heterocycles. The second-order valence-electron chi connectivity index (χ2n) is 6.89. The molecule has 2 saturated heterocycles. The Morgan fingerprint density at radius 2 is 1.95 bits per heavy atom. The van der Waals surface area contributed by atoms with E-state index in [0.29, 0.717) is 9.03 Å². The standard InChI is InChI=1S/C8H7O3.2C4H9.H2O.Sn/c1-4-3-9-7(10-4)6-8(1)2-5(8)11-6;2*1-3-4-2;;/h3,6-7H,1-2H2;2*1,3-4H2,2H3;1H2;/t6-,7+,8+;;;;/m0..../s1. The average molecular weight is 402 g/mol. The molecule has 2 N–H and O–H groups in total. The Hall–Kier alpha value is 0.0587. The van der Waals surface area contributed by atoms with Crippen LogP contribution < -0.4 is 0 Å².